The molecule has 4 saturated carbocycles. The summed E-state index contributed by atoms with van der Waals surface area (Å²) in [5, 5.41) is 8.22. The SMILES string of the molecule is Nc1nn(C2C3CC4CC(C3)CC2C4)c2c1CNCC2. The fraction of sp³-hybridized carbons (Fsp3) is 0.812. The fourth-order valence-corrected chi connectivity index (χ4v) is 5.94. The van der Waals surface area contributed by atoms with Gasteiger partial charge in [-0.3, -0.25) is 4.68 Å². The summed E-state index contributed by atoms with van der Waals surface area (Å²) in [6.07, 6.45) is 8.41. The van der Waals surface area contributed by atoms with Gasteiger partial charge < -0.3 is 11.1 Å². The zero-order valence-corrected chi connectivity index (χ0v) is 12.0. The monoisotopic (exact) mass is 272 g/mol. The lowest BCUT2D eigenvalue weighted by Gasteiger charge is -2.54. The van der Waals surface area contributed by atoms with Gasteiger partial charge in [-0.2, -0.15) is 5.10 Å². The standard InChI is InChI=1S/C16H24N4/c17-16-13-8-18-2-1-14(13)20(19-16)15-11-4-9-3-10(6-11)7-12(15)5-9/h9-12,15,18H,1-8H2,(H2,17,19). The summed E-state index contributed by atoms with van der Waals surface area (Å²) in [7, 11) is 0. The fourth-order valence-electron chi connectivity index (χ4n) is 5.94. The molecule has 6 rings (SSSR count). The Hall–Kier alpha value is -1.03. The molecule has 4 heteroatoms. The molecule has 1 aliphatic heterocycles. The second-order valence-corrected chi connectivity index (χ2v) is 7.60. The minimum absolute atomic E-state index is 0.659. The average molecular weight is 272 g/mol. The van der Waals surface area contributed by atoms with Crippen molar-refractivity contribution in [2.75, 3.05) is 12.3 Å². The van der Waals surface area contributed by atoms with Crippen LogP contribution in [-0.2, 0) is 13.0 Å². The third kappa shape index (κ3) is 1.49. The molecule has 3 N–H and O–H groups in total. The van der Waals surface area contributed by atoms with E-state index >= 15 is 0 Å². The number of hydrogen-bond donors (Lipinski definition) is 2. The highest BCUT2D eigenvalue weighted by molar-refractivity contribution is 5.44. The summed E-state index contributed by atoms with van der Waals surface area (Å²) in [6.45, 7) is 1.99. The second-order valence-electron chi connectivity index (χ2n) is 7.60. The quantitative estimate of drug-likeness (QED) is 0.823. The van der Waals surface area contributed by atoms with E-state index in [1.807, 2.05) is 0 Å². The van der Waals surface area contributed by atoms with Crippen LogP contribution in [0, 0.1) is 23.7 Å². The summed E-state index contributed by atoms with van der Waals surface area (Å²) >= 11 is 0. The number of nitrogens with two attached hydrogens (primary N) is 1. The first-order chi connectivity index (χ1) is 9.79. The molecule has 4 aliphatic carbocycles. The van der Waals surface area contributed by atoms with Gasteiger partial charge in [-0.15, -0.1) is 0 Å². The van der Waals surface area contributed by atoms with Crippen molar-refractivity contribution < 1.29 is 0 Å². The van der Waals surface area contributed by atoms with Gasteiger partial charge in [-0.05, 0) is 55.8 Å². The Kier molecular flexibility index (Phi) is 2.32. The van der Waals surface area contributed by atoms with E-state index < -0.39 is 0 Å². The predicted molar refractivity (Wildman–Crippen MR) is 78.1 cm³/mol. The van der Waals surface area contributed by atoms with Gasteiger partial charge in [-0.25, -0.2) is 0 Å². The number of nitrogens with zero attached hydrogens (tertiary/aromatic N) is 2. The first-order valence-corrected chi connectivity index (χ1v) is 8.36. The van der Waals surface area contributed by atoms with Crippen LogP contribution in [0.2, 0.25) is 0 Å². The van der Waals surface area contributed by atoms with E-state index in [0.717, 1.165) is 49.0 Å². The number of nitrogen functional groups attached to an aromatic ring is 1. The van der Waals surface area contributed by atoms with Crippen LogP contribution in [-0.4, -0.2) is 16.3 Å². The van der Waals surface area contributed by atoms with E-state index in [1.165, 1.54) is 43.4 Å². The van der Waals surface area contributed by atoms with Crippen molar-refractivity contribution in [1.29, 1.82) is 0 Å². The van der Waals surface area contributed by atoms with Crippen LogP contribution >= 0.6 is 0 Å². The topological polar surface area (TPSA) is 55.9 Å². The molecule has 1 aromatic rings. The van der Waals surface area contributed by atoms with Crippen LogP contribution < -0.4 is 11.1 Å². The van der Waals surface area contributed by atoms with Crippen molar-refractivity contribution in [2.45, 2.75) is 51.1 Å². The van der Waals surface area contributed by atoms with Crippen LogP contribution in [0.5, 0.6) is 0 Å². The van der Waals surface area contributed by atoms with Crippen molar-refractivity contribution in [2.24, 2.45) is 23.7 Å². The zero-order valence-electron chi connectivity index (χ0n) is 12.0. The highest BCUT2D eigenvalue weighted by atomic mass is 15.3. The van der Waals surface area contributed by atoms with Crippen LogP contribution in [0.3, 0.4) is 0 Å². The molecule has 0 unspecified atom stereocenters. The Labute approximate surface area is 120 Å². The molecule has 1 aromatic heterocycles. The van der Waals surface area contributed by atoms with Crippen molar-refractivity contribution in [1.82, 2.24) is 15.1 Å². The number of anilines is 1. The number of hydrogen-bond acceptors (Lipinski definition) is 3. The molecule has 0 atom stereocenters. The number of aromatic nitrogens is 2. The smallest absolute Gasteiger partial charge is 0.150 e. The van der Waals surface area contributed by atoms with E-state index in [-0.39, 0.29) is 0 Å². The van der Waals surface area contributed by atoms with Gasteiger partial charge in [0.2, 0.25) is 0 Å². The molecule has 0 aromatic carbocycles. The first-order valence-electron chi connectivity index (χ1n) is 8.36. The van der Waals surface area contributed by atoms with Crippen LogP contribution in [0.15, 0.2) is 0 Å². The summed E-state index contributed by atoms with van der Waals surface area (Å²) in [4.78, 5) is 0. The molecule has 20 heavy (non-hydrogen) atoms. The molecule has 0 saturated heterocycles. The lowest BCUT2D eigenvalue weighted by Crippen LogP contribution is -2.46. The van der Waals surface area contributed by atoms with E-state index in [0.29, 0.717) is 6.04 Å². The van der Waals surface area contributed by atoms with E-state index in [2.05, 4.69) is 10.00 Å². The van der Waals surface area contributed by atoms with Gasteiger partial charge in [0.1, 0.15) is 5.82 Å². The Bertz CT molecular complexity index is 519. The highest BCUT2D eigenvalue weighted by Gasteiger charge is 2.49. The van der Waals surface area contributed by atoms with Crippen LogP contribution in [0.1, 0.15) is 49.4 Å². The number of fused-ring (bicyclic) bond motifs is 1. The van der Waals surface area contributed by atoms with Crippen molar-refractivity contribution in [3.63, 3.8) is 0 Å². The molecular weight excluding hydrogens is 248 g/mol. The molecule has 4 bridgehead atoms. The van der Waals surface area contributed by atoms with Gasteiger partial charge >= 0.3 is 0 Å². The highest BCUT2D eigenvalue weighted by Crippen LogP contribution is 2.58. The van der Waals surface area contributed by atoms with E-state index in [4.69, 9.17) is 10.8 Å². The molecule has 0 amide bonds. The van der Waals surface area contributed by atoms with Crippen LogP contribution in [0.4, 0.5) is 5.82 Å². The van der Waals surface area contributed by atoms with Crippen molar-refractivity contribution >= 4 is 5.82 Å². The van der Waals surface area contributed by atoms with Gasteiger partial charge in [-0.1, -0.05) is 0 Å². The Morgan fingerprint density at radius 1 is 1.05 bits per heavy atom. The summed E-state index contributed by atoms with van der Waals surface area (Å²) in [5.41, 5.74) is 8.91. The van der Waals surface area contributed by atoms with Gasteiger partial charge in [0.05, 0.1) is 6.04 Å². The minimum Gasteiger partial charge on any atom is -0.382 e. The maximum absolute atomic E-state index is 6.18. The lowest BCUT2D eigenvalue weighted by molar-refractivity contribution is -0.0346. The molecule has 0 radical (unpaired) electrons. The molecule has 4 nitrogen and oxygen atoms in total. The normalized spacial score (nSPS) is 41.9. The molecule has 0 spiro atoms. The van der Waals surface area contributed by atoms with Gasteiger partial charge in [0.15, 0.2) is 0 Å². The molecule has 2 heterocycles. The minimum atomic E-state index is 0.659. The predicted octanol–water partition coefficient (Wildman–Crippen LogP) is 2.11. The van der Waals surface area contributed by atoms with Crippen molar-refractivity contribution in [3.8, 4) is 0 Å². The lowest BCUT2D eigenvalue weighted by atomic mass is 9.54. The molecular formula is C16H24N4. The Morgan fingerprint density at radius 3 is 2.45 bits per heavy atom. The Balaban J connectivity index is 1.57. The van der Waals surface area contributed by atoms with E-state index in [9.17, 15) is 0 Å². The summed E-state index contributed by atoms with van der Waals surface area (Å²) in [6, 6.07) is 0.659. The molecule has 108 valence electrons. The summed E-state index contributed by atoms with van der Waals surface area (Å²) in [5.74, 6) is 4.59. The van der Waals surface area contributed by atoms with E-state index in [1.54, 1.807) is 0 Å². The molecule has 4 fully saturated rings. The number of rotatable bonds is 1. The third-order valence-corrected chi connectivity index (χ3v) is 6.45. The average Bonchev–Trinajstić information content (AvgIpc) is 2.76. The largest absolute Gasteiger partial charge is 0.382 e. The zero-order chi connectivity index (χ0) is 13.3. The Morgan fingerprint density at radius 2 is 1.75 bits per heavy atom. The maximum atomic E-state index is 6.18. The summed E-state index contributed by atoms with van der Waals surface area (Å²) < 4.78 is 2.39. The van der Waals surface area contributed by atoms with Crippen molar-refractivity contribution in [3.05, 3.63) is 11.3 Å². The van der Waals surface area contributed by atoms with Crippen LogP contribution in [0.25, 0.3) is 0 Å². The molecule has 5 aliphatic rings. The second kappa shape index (κ2) is 4.00. The third-order valence-electron chi connectivity index (χ3n) is 6.45. The number of nitrogens with one attached hydrogen (secondary N) is 1. The van der Waals surface area contributed by atoms with Gasteiger partial charge in [0.25, 0.3) is 0 Å². The first kappa shape index (κ1) is 11.6. The maximum Gasteiger partial charge on any atom is 0.150 e. The van der Waals surface area contributed by atoms with Gasteiger partial charge in [0, 0.05) is 30.8 Å².